The molecule has 0 aliphatic carbocycles. The van der Waals surface area contributed by atoms with Crippen molar-refractivity contribution in [3.63, 3.8) is 0 Å². The van der Waals surface area contributed by atoms with Crippen molar-refractivity contribution in [2.24, 2.45) is 11.8 Å². The summed E-state index contributed by atoms with van der Waals surface area (Å²) in [7, 11) is 1.59. The Bertz CT molecular complexity index is 978. The van der Waals surface area contributed by atoms with Crippen LogP contribution >= 0.6 is 0 Å². The summed E-state index contributed by atoms with van der Waals surface area (Å²) in [5.41, 5.74) is 2.20. The molecule has 182 valence electrons. The minimum atomic E-state index is -0.647. The van der Waals surface area contributed by atoms with Gasteiger partial charge in [0, 0.05) is 30.8 Å². The molecule has 0 saturated carbocycles. The lowest BCUT2D eigenvalue weighted by molar-refractivity contribution is -0.124. The predicted octanol–water partition coefficient (Wildman–Crippen LogP) is 3.43. The fourth-order valence-electron chi connectivity index (χ4n) is 4.09. The zero-order chi connectivity index (χ0) is 24.7. The van der Waals surface area contributed by atoms with Gasteiger partial charge in [-0.1, -0.05) is 31.5 Å². The molecule has 0 radical (unpaired) electrons. The third kappa shape index (κ3) is 6.59. The number of piperidine rings is 1. The monoisotopic (exact) mass is 465 g/mol. The minimum absolute atomic E-state index is 0.0365. The number of hydrogen-bond acceptors (Lipinski definition) is 4. The van der Waals surface area contributed by atoms with Crippen molar-refractivity contribution >= 4 is 17.7 Å². The van der Waals surface area contributed by atoms with Crippen LogP contribution in [0.5, 0.6) is 5.75 Å². The van der Waals surface area contributed by atoms with Crippen LogP contribution in [-0.4, -0.2) is 55.4 Å². The zero-order valence-electron chi connectivity index (χ0n) is 20.5. The number of rotatable bonds is 8. The zero-order valence-corrected chi connectivity index (χ0v) is 20.5. The first-order valence-corrected chi connectivity index (χ1v) is 11.9. The van der Waals surface area contributed by atoms with E-state index >= 15 is 0 Å². The van der Waals surface area contributed by atoms with Gasteiger partial charge in [-0.15, -0.1) is 0 Å². The Morgan fingerprint density at radius 2 is 1.56 bits per heavy atom. The molecule has 1 fully saturated rings. The van der Waals surface area contributed by atoms with Crippen LogP contribution in [-0.2, 0) is 4.79 Å². The van der Waals surface area contributed by atoms with Crippen LogP contribution in [0.4, 0.5) is 0 Å². The van der Waals surface area contributed by atoms with Gasteiger partial charge in [-0.25, -0.2) is 0 Å². The van der Waals surface area contributed by atoms with Gasteiger partial charge in [0.2, 0.25) is 5.91 Å². The molecule has 0 bridgehead atoms. The molecule has 2 N–H and O–H groups in total. The number of aryl methyl sites for hydroxylation is 1. The van der Waals surface area contributed by atoms with E-state index in [0.717, 1.165) is 5.56 Å². The Labute approximate surface area is 201 Å². The van der Waals surface area contributed by atoms with Crippen molar-refractivity contribution in [2.75, 3.05) is 26.7 Å². The van der Waals surface area contributed by atoms with Gasteiger partial charge in [-0.3, -0.25) is 14.4 Å². The maximum absolute atomic E-state index is 13.0. The molecule has 3 amide bonds. The first kappa shape index (κ1) is 25.3. The van der Waals surface area contributed by atoms with E-state index in [1.54, 1.807) is 43.5 Å². The number of carbonyl (C=O) groups is 3. The minimum Gasteiger partial charge on any atom is -0.497 e. The summed E-state index contributed by atoms with van der Waals surface area (Å²) in [6.07, 6.45) is 1.27. The third-order valence-corrected chi connectivity index (χ3v) is 6.20. The van der Waals surface area contributed by atoms with Gasteiger partial charge in [-0.2, -0.15) is 0 Å². The summed E-state index contributed by atoms with van der Waals surface area (Å²) in [5.74, 6) is 0.485. The number of ether oxygens (including phenoxy) is 1. The summed E-state index contributed by atoms with van der Waals surface area (Å²) in [4.78, 5) is 40.7. The summed E-state index contributed by atoms with van der Waals surface area (Å²) in [6.45, 7) is 7.63. The molecule has 1 heterocycles. The lowest BCUT2D eigenvalue weighted by Gasteiger charge is -2.36. The number of amides is 3. The predicted molar refractivity (Wildman–Crippen MR) is 132 cm³/mol. The molecule has 0 spiro atoms. The van der Waals surface area contributed by atoms with Gasteiger partial charge in [0.1, 0.15) is 11.8 Å². The van der Waals surface area contributed by atoms with Crippen molar-refractivity contribution in [3.05, 3.63) is 65.2 Å². The average Bonchev–Trinajstić information content (AvgIpc) is 2.86. The van der Waals surface area contributed by atoms with Gasteiger partial charge >= 0.3 is 0 Å². The fraction of sp³-hybridized carbons (Fsp3) is 0.444. The molecule has 1 atom stereocenters. The van der Waals surface area contributed by atoms with Crippen LogP contribution in [0.15, 0.2) is 48.5 Å². The lowest BCUT2D eigenvalue weighted by Crippen LogP contribution is -2.54. The smallest absolute Gasteiger partial charge is 0.253 e. The van der Waals surface area contributed by atoms with Crippen LogP contribution in [0.2, 0.25) is 0 Å². The number of hydrogen-bond donors (Lipinski definition) is 2. The van der Waals surface area contributed by atoms with E-state index in [1.165, 1.54) is 0 Å². The normalized spacial score (nSPS) is 15.0. The van der Waals surface area contributed by atoms with E-state index in [-0.39, 0.29) is 23.6 Å². The molecule has 7 nitrogen and oxygen atoms in total. The number of nitrogens with one attached hydrogen (secondary N) is 2. The highest BCUT2D eigenvalue weighted by Gasteiger charge is 2.34. The molecule has 3 rings (SSSR count). The van der Waals surface area contributed by atoms with E-state index in [9.17, 15) is 14.4 Å². The average molecular weight is 466 g/mol. The van der Waals surface area contributed by atoms with Gasteiger partial charge < -0.3 is 20.3 Å². The highest BCUT2D eigenvalue weighted by atomic mass is 16.5. The van der Waals surface area contributed by atoms with Crippen molar-refractivity contribution in [2.45, 2.75) is 39.7 Å². The molecule has 1 aliphatic heterocycles. The fourth-order valence-corrected chi connectivity index (χ4v) is 4.09. The number of nitrogens with zero attached hydrogens (tertiary/aromatic N) is 1. The van der Waals surface area contributed by atoms with Gasteiger partial charge in [0.15, 0.2) is 0 Å². The number of carbonyl (C=O) groups excluding carboxylic acids is 3. The summed E-state index contributed by atoms with van der Waals surface area (Å²) >= 11 is 0. The second-order valence-corrected chi connectivity index (χ2v) is 9.31. The van der Waals surface area contributed by atoms with Crippen molar-refractivity contribution in [1.82, 2.24) is 15.5 Å². The third-order valence-electron chi connectivity index (χ3n) is 6.20. The highest BCUT2D eigenvalue weighted by molar-refractivity contribution is 5.98. The van der Waals surface area contributed by atoms with Gasteiger partial charge in [0.25, 0.3) is 11.8 Å². The highest BCUT2D eigenvalue weighted by Crippen LogP contribution is 2.24. The molecular weight excluding hydrogens is 430 g/mol. The standard InChI is InChI=1S/C27H35N3O4/c1-18(2)17-28-26(32)24(29-25(31)21-7-5-19(3)6-8-21)20-13-15-30(16-14-20)27(33)22-9-11-23(34-4)12-10-22/h5-12,18,20,24H,13-17H2,1-4H3,(H,28,32)(H,29,31). The number of likely N-dealkylation sites (tertiary alicyclic amines) is 1. The van der Waals surface area contributed by atoms with Crippen LogP contribution in [0, 0.1) is 18.8 Å². The SMILES string of the molecule is COc1ccc(C(=O)N2CCC(C(NC(=O)c3ccc(C)cc3)C(=O)NCC(C)C)CC2)cc1. The number of benzene rings is 2. The Hall–Kier alpha value is -3.35. The summed E-state index contributed by atoms with van der Waals surface area (Å²) in [6, 6.07) is 13.7. The van der Waals surface area contributed by atoms with E-state index in [2.05, 4.69) is 10.6 Å². The van der Waals surface area contributed by atoms with Crippen molar-refractivity contribution in [1.29, 1.82) is 0 Å². The molecule has 1 aliphatic rings. The summed E-state index contributed by atoms with van der Waals surface area (Å²) in [5, 5.41) is 5.94. The molecule has 2 aromatic rings. The second kappa shape index (κ2) is 11.7. The first-order chi connectivity index (χ1) is 16.3. The van der Waals surface area contributed by atoms with Crippen molar-refractivity contribution in [3.8, 4) is 5.75 Å². The van der Waals surface area contributed by atoms with Crippen LogP contribution < -0.4 is 15.4 Å². The largest absolute Gasteiger partial charge is 0.497 e. The molecule has 1 unspecified atom stereocenters. The van der Waals surface area contributed by atoms with Crippen LogP contribution in [0.1, 0.15) is 53.0 Å². The maximum Gasteiger partial charge on any atom is 0.253 e. The summed E-state index contributed by atoms with van der Waals surface area (Å²) < 4.78 is 5.16. The van der Waals surface area contributed by atoms with Gasteiger partial charge in [-0.05, 0) is 68.0 Å². The second-order valence-electron chi connectivity index (χ2n) is 9.31. The van der Waals surface area contributed by atoms with Gasteiger partial charge in [0.05, 0.1) is 7.11 Å². The lowest BCUT2D eigenvalue weighted by atomic mass is 9.88. The quantitative estimate of drug-likeness (QED) is 0.625. The van der Waals surface area contributed by atoms with Crippen LogP contribution in [0.25, 0.3) is 0 Å². The molecule has 2 aromatic carbocycles. The van der Waals surface area contributed by atoms with E-state index < -0.39 is 6.04 Å². The molecule has 34 heavy (non-hydrogen) atoms. The Kier molecular flexibility index (Phi) is 8.68. The topological polar surface area (TPSA) is 87.7 Å². The van der Waals surface area contributed by atoms with E-state index in [4.69, 9.17) is 4.74 Å². The molecule has 0 aromatic heterocycles. The van der Waals surface area contributed by atoms with Crippen LogP contribution in [0.3, 0.4) is 0 Å². The van der Waals surface area contributed by atoms with Crippen molar-refractivity contribution < 1.29 is 19.1 Å². The number of methoxy groups -OCH3 is 1. The van der Waals surface area contributed by atoms with E-state index in [1.807, 2.05) is 37.8 Å². The Morgan fingerprint density at radius 1 is 0.971 bits per heavy atom. The Morgan fingerprint density at radius 3 is 2.12 bits per heavy atom. The Balaban J connectivity index is 1.67. The molecular formula is C27H35N3O4. The molecule has 1 saturated heterocycles. The maximum atomic E-state index is 13.0. The first-order valence-electron chi connectivity index (χ1n) is 11.9. The molecule has 7 heteroatoms. The van der Waals surface area contributed by atoms with E-state index in [0.29, 0.717) is 55.3 Å².